The number of carbonyl (C=O) groups excluding carboxylic acids is 1. The second-order valence-corrected chi connectivity index (χ2v) is 6.67. The first-order valence-electron chi connectivity index (χ1n) is 8.34. The largest absolute Gasteiger partial charge is 0.486 e. The molecular formula is C20H20N2O2S. The Morgan fingerprint density at radius 1 is 1.16 bits per heavy atom. The molecular weight excluding hydrogens is 332 g/mol. The number of rotatable bonds is 8. The molecule has 2 aromatic heterocycles. The molecule has 0 N–H and O–H groups in total. The van der Waals surface area contributed by atoms with Gasteiger partial charge in [-0.05, 0) is 42.8 Å². The number of pyridine rings is 1. The van der Waals surface area contributed by atoms with Gasteiger partial charge in [0.15, 0.2) is 5.78 Å². The molecule has 0 radical (unpaired) electrons. The summed E-state index contributed by atoms with van der Waals surface area (Å²) >= 11 is 1.64. The minimum Gasteiger partial charge on any atom is -0.486 e. The van der Waals surface area contributed by atoms with E-state index in [2.05, 4.69) is 15.3 Å². The number of ketones is 1. The molecule has 0 aliphatic heterocycles. The molecule has 0 saturated heterocycles. The summed E-state index contributed by atoms with van der Waals surface area (Å²) in [7, 11) is 0. The Hall–Kier alpha value is -2.53. The Labute approximate surface area is 151 Å². The van der Waals surface area contributed by atoms with Crippen LogP contribution in [0.3, 0.4) is 0 Å². The van der Waals surface area contributed by atoms with E-state index in [1.807, 2.05) is 49.4 Å². The van der Waals surface area contributed by atoms with Crippen molar-refractivity contribution < 1.29 is 9.53 Å². The van der Waals surface area contributed by atoms with Crippen LogP contribution >= 0.6 is 11.3 Å². The van der Waals surface area contributed by atoms with E-state index in [4.69, 9.17) is 4.74 Å². The standard InChI is InChI=1S/C20H20N2O2S/c1-2-5-17(23)13-24-18-9-7-15(8-10-18)19-14-25-20(22-19)12-16-6-3-4-11-21-16/h3-4,6-11,14H,2,5,12-13H2,1H3. The Kier molecular flexibility index (Phi) is 5.90. The Bertz CT molecular complexity index is 813. The van der Waals surface area contributed by atoms with Crippen LogP contribution in [0.15, 0.2) is 54.0 Å². The lowest BCUT2D eigenvalue weighted by molar-refractivity contribution is -0.121. The molecule has 0 saturated carbocycles. The molecule has 0 amide bonds. The summed E-state index contributed by atoms with van der Waals surface area (Å²) < 4.78 is 5.52. The van der Waals surface area contributed by atoms with E-state index in [1.165, 1.54) is 0 Å². The van der Waals surface area contributed by atoms with Gasteiger partial charge in [-0.3, -0.25) is 9.78 Å². The van der Waals surface area contributed by atoms with Crippen molar-refractivity contribution in [2.24, 2.45) is 0 Å². The maximum Gasteiger partial charge on any atom is 0.170 e. The summed E-state index contributed by atoms with van der Waals surface area (Å²) in [5.74, 6) is 0.836. The molecule has 0 atom stereocenters. The number of hydrogen-bond acceptors (Lipinski definition) is 5. The molecule has 1 aromatic carbocycles. The highest BCUT2D eigenvalue weighted by atomic mass is 32.1. The van der Waals surface area contributed by atoms with Gasteiger partial charge in [-0.1, -0.05) is 13.0 Å². The third-order valence-electron chi connectivity index (χ3n) is 3.69. The number of hydrogen-bond donors (Lipinski definition) is 0. The van der Waals surface area contributed by atoms with E-state index >= 15 is 0 Å². The van der Waals surface area contributed by atoms with Gasteiger partial charge < -0.3 is 4.74 Å². The van der Waals surface area contributed by atoms with Crippen LogP contribution in [0.5, 0.6) is 5.75 Å². The number of thiazole rings is 1. The van der Waals surface area contributed by atoms with Crippen molar-refractivity contribution in [3.8, 4) is 17.0 Å². The number of ether oxygens (including phenoxy) is 1. The number of benzene rings is 1. The minimum atomic E-state index is 0.130. The highest BCUT2D eigenvalue weighted by Crippen LogP contribution is 2.25. The molecule has 5 heteroatoms. The molecule has 2 heterocycles. The fraction of sp³-hybridized carbons (Fsp3) is 0.250. The lowest BCUT2D eigenvalue weighted by Crippen LogP contribution is -2.10. The summed E-state index contributed by atoms with van der Waals surface area (Å²) in [6, 6.07) is 13.6. The van der Waals surface area contributed by atoms with Crippen LogP contribution in [-0.4, -0.2) is 22.4 Å². The summed E-state index contributed by atoms with van der Waals surface area (Å²) in [4.78, 5) is 20.5. The van der Waals surface area contributed by atoms with Crippen LogP contribution in [0.25, 0.3) is 11.3 Å². The quantitative estimate of drug-likeness (QED) is 0.597. The number of nitrogens with zero attached hydrogens (tertiary/aromatic N) is 2. The van der Waals surface area contributed by atoms with Crippen LogP contribution in [-0.2, 0) is 11.2 Å². The van der Waals surface area contributed by atoms with Crippen molar-refractivity contribution >= 4 is 17.1 Å². The molecule has 3 aromatic rings. The molecule has 4 nitrogen and oxygen atoms in total. The molecule has 0 fully saturated rings. The number of aromatic nitrogens is 2. The molecule has 0 spiro atoms. The highest BCUT2D eigenvalue weighted by Gasteiger charge is 2.07. The average Bonchev–Trinajstić information content (AvgIpc) is 3.10. The van der Waals surface area contributed by atoms with E-state index in [-0.39, 0.29) is 12.4 Å². The van der Waals surface area contributed by atoms with Gasteiger partial charge in [-0.25, -0.2) is 4.98 Å². The molecule has 0 aliphatic carbocycles. The van der Waals surface area contributed by atoms with E-state index in [9.17, 15) is 4.79 Å². The predicted octanol–water partition coefficient (Wildman–Crippen LogP) is 4.54. The third kappa shape index (κ3) is 4.97. The Morgan fingerprint density at radius 3 is 2.72 bits per heavy atom. The fourth-order valence-electron chi connectivity index (χ4n) is 2.42. The summed E-state index contributed by atoms with van der Waals surface area (Å²) in [6.45, 7) is 2.13. The summed E-state index contributed by atoms with van der Waals surface area (Å²) in [6.07, 6.45) is 3.96. The van der Waals surface area contributed by atoms with Gasteiger partial charge in [-0.2, -0.15) is 0 Å². The lowest BCUT2D eigenvalue weighted by Gasteiger charge is -2.05. The van der Waals surface area contributed by atoms with Gasteiger partial charge >= 0.3 is 0 Å². The Morgan fingerprint density at radius 2 is 2.00 bits per heavy atom. The summed E-state index contributed by atoms with van der Waals surface area (Å²) in [5, 5.41) is 3.10. The predicted molar refractivity (Wildman–Crippen MR) is 100 cm³/mol. The van der Waals surface area contributed by atoms with Gasteiger partial charge in [0, 0.05) is 35.7 Å². The first-order valence-corrected chi connectivity index (χ1v) is 9.22. The van der Waals surface area contributed by atoms with Crippen molar-refractivity contribution in [1.82, 2.24) is 9.97 Å². The monoisotopic (exact) mass is 352 g/mol. The Balaban J connectivity index is 1.62. The van der Waals surface area contributed by atoms with E-state index in [0.29, 0.717) is 12.2 Å². The van der Waals surface area contributed by atoms with Crippen LogP contribution < -0.4 is 4.74 Å². The zero-order valence-electron chi connectivity index (χ0n) is 14.1. The molecule has 0 aliphatic rings. The second kappa shape index (κ2) is 8.53. The maximum atomic E-state index is 11.5. The van der Waals surface area contributed by atoms with Crippen molar-refractivity contribution in [2.75, 3.05) is 6.61 Å². The lowest BCUT2D eigenvalue weighted by atomic mass is 10.1. The van der Waals surface area contributed by atoms with Crippen LogP contribution in [0, 0.1) is 0 Å². The zero-order chi connectivity index (χ0) is 17.5. The van der Waals surface area contributed by atoms with Gasteiger partial charge in [0.2, 0.25) is 0 Å². The average molecular weight is 352 g/mol. The smallest absolute Gasteiger partial charge is 0.170 e. The molecule has 128 valence electrons. The van der Waals surface area contributed by atoms with Crippen molar-refractivity contribution in [2.45, 2.75) is 26.2 Å². The maximum absolute atomic E-state index is 11.5. The van der Waals surface area contributed by atoms with Crippen LogP contribution in [0.4, 0.5) is 0 Å². The normalized spacial score (nSPS) is 10.6. The van der Waals surface area contributed by atoms with Crippen molar-refractivity contribution in [3.63, 3.8) is 0 Å². The van der Waals surface area contributed by atoms with Crippen molar-refractivity contribution in [3.05, 3.63) is 64.7 Å². The SMILES string of the molecule is CCCC(=O)COc1ccc(-c2csc(Cc3ccccn3)n2)cc1. The summed E-state index contributed by atoms with van der Waals surface area (Å²) in [5.41, 5.74) is 3.00. The van der Waals surface area contributed by atoms with Crippen molar-refractivity contribution in [1.29, 1.82) is 0 Å². The fourth-order valence-corrected chi connectivity index (χ4v) is 3.24. The zero-order valence-corrected chi connectivity index (χ0v) is 15.0. The minimum absolute atomic E-state index is 0.130. The van der Waals surface area contributed by atoms with Crippen LogP contribution in [0.2, 0.25) is 0 Å². The van der Waals surface area contributed by atoms with Gasteiger partial charge in [-0.15, -0.1) is 11.3 Å². The molecule has 0 unspecified atom stereocenters. The first-order chi connectivity index (χ1) is 12.2. The third-order valence-corrected chi connectivity index (χ3v) is 4.54. The van der Waals surface area contributed by atoms with E-state index < -0.39 is 0 Å². The van der Waals surface area contributed by atoms with Crippen LogP contribution in [0.1, 0.15) is 30.5 Å². The second-order valence-electron chi connectivity index (χ2n) is 5.73. The molecule has 25 heavy (non-hydrogen) atoms. The van der Waals surface area contributed by atoms with E-state index in [0.717, 1.165) is 34.8 Å². The first kappa shape index (κ1) is 17.3. The topological polar surface area (TPSA) is 52.1 Å². The highest BCUT2D eigenvalue weighted by molar-refractivity contribution is 7.10. The molecule has 3 rings (SSSR count). The number of carbonyl (C=O) groups is 1. The van der Waals surface area contributed by atoms with Gasteiger partial charge in [0.1, 0.15) is 12.4 Å². The number of Topliss-reactive ketones (excluding diaryl/α,β-unsaturated/α-hetero) is 1. The van der Waals surface area contributed by atoms with E-state index in [1.54, 1.807) is 17.5 Å². The van der Waals surface area contributed by atoms with Gasteiger partial charge in [0.25, 0.3) is 0 Å². The molecule has 0 bridgehead atoms. The van der Waals surface area contributed by atoms with Gasteiger partial charge in [0.05, 0.1) is 10.7 Å².